The van der Waals surface area contributed by atoms with Crippen LogP contribution in [0.4, 0.5) is 5.69 Å². The van der Waals surface area contributed by atoms with Crippen molar-refractivity contribution in [2.75, 3.05) is 57.8 Å². The Bertz CT molecular complexity index is 539. The maximum Gasteiger partial charge on any atom is 0.228 e. The van der Waals surface area contributed by atoms with Crippen LogP contribution < -0.4 is 9.64 Å². The summed E-state index contributed by atoms with van der Waals surface area (Å²) in [6.45, 7) is 8.42. The number of hydrogen-bond acceptors (Lipinski definition) is 4. The van der Waals surface area contributed by atoms with Crippen molar-refractivity contribution >= 4 is 11.6 Å². The Balaban J connectivity index is 1.60. The molecule has 0 N–H and O–H groups in total. The van der Waals surface area contributed by atoms with Crippen LogP contribution in [0.3, 0.4) is 0 Å². The molecular weight excluding hydrogens is 278 g/mol. The summed E-state index contributed by atoms with van der Waals surface area (Å²) >= 11 is 0. The monoisotopic (exact) mass is 303 g/mol. The molecule has 1 saturated heterocycles. The Labute approximate surface area is 132 Å². The van der Waals surface area contributed by atoms with Gasteiger partial charge < -0.3 is 19.4 Å². The quantitative estimate of drug-likeness (QED) is 0.845. The van der Waals surface area contributed by atoms with Crippen molar-refractivity contribution in [3.8, 4) is 5.75 Å². The fourth-order valence-electron chi connectivity index (χ4n) is 3.05. The minimum Gasteiger partial charge on any atom is -0.490 e. The van der Waals surface area contributed by atoms with Gasteiger partial charge in [0, 0.05) is 39.1 Å². The first-order valence-corrected chi connectivity index (χ1v) is 8.08. The van der Waals surface area contributed by atoms with E-state index < -0.39 is 0 Å². The number of ether oxygens (including phenoxy) is 1. The van der Waals surface area contributed by atoms with Gasteiger partial charge in [0.1, 0.15) is 12.4 Å². The van der Waals surface area contributed by atoms with Crippen molar-refractivity contribution in [3.63, 3.8) is 0 Å². The van der Waals surface area contributed by atoms with Crippen molar-refractivity contribution in [1.82, 2.24) is 9.80 Å². The highest BCUT2D eigenvalue weighted by Gasteiger charge is 2.24. The van der Waals surface area contributed by atoms with E-state index in [4.69, 9.17) is 4.74 Å². The molecule has 0 saturated carbocycles. The highest BCUT2D eigenvalue weighted by Crippen LogP contribution is 2.32. The Morgan fingerprint density at radius 1 is 1.18 bits per heavy atom. The fourth-order valence-corrected chi connectivity index (χ4v) is 3.05. The van der Waals surface area contributed by atoms with E-state index in [1.807, 2.05) is 30.0 Å². The van der Waals surface area contributed by atoms with Gasteiger partial charge in [0.15, 0.2) is 0 Å². The lowest BCUT2D eigenvalue weighted by atomic mass is 10.1. The van der Waals surface area contributed by atoms with E-state index in [0.29, 0.717) is 19.6 Å². The van der Waals surface area contributed by atoms with Crippen LogP contribution in [0.15, 0.2) is 18.2 Å². The normalized spacial score (nSPS) is 19.6. The highest BCUT2D eigenvalue weighted by atomic mass is 16.5. The van der Waals surface area contributed by atoms with Crippen molar-refractivity contribution in [3.05, 3.63) is 23.8 Å². The van der Waals surface area contributed by atoms with Crippen LogP contribution in [0.5, 0.6) is 5.75 Å². The Kier molecular flexibility index (Phi) is 4.64. The second kappa shape index (κ2) is 6.67. The van der Waals surface area contributed by atoms with E-state index in [1.54, 1.807) is 0 Å². The minimum absolute atomic E-state index is 0.203. The van der Waals surface area contributed by atoms with E-state index in [9.17, 15) is 4.79 Å². The molecule has 1 aromatic rings. The van der Waals surface area contributed by atoms with E-state index in [0.717, 1.165) is 49.7 Å². The van der Waals surface area contributed by atoms with Gasteiger partial charge in [0.05, 0.1) is 12.2 Å². The molecule has 3 rings (SSSR count). The maximum atomic E-state index is 12.6. The molecule has 0 aliphatic carbocycles. The standard InChI is InChI=1S/C17H25N3O2/c1-14-3-4-16-15(13-14)20(11-12-22-16)17(21)5-6-19-9-7-18(2)8-10-19/h3-4,13H,5-12H2,1-2H3. The number of carbonyl (C=O) groups excluding carboxylic acids is 1. The molecular formula is C17H25N3O2. The van der Waals surface area contributed by atoms with Gasteiger partial charge >= 0.3 is 0 Å². The van der Waals surface area contributed by atoms with E-state index in [2.05, 4.69) is 16.8 Å². The fraction of sp³-hybridized carbons (Fsp3) is 0.588. The lowest BCUT2D eigenvalue weighted by Gasteiger charge is -2.33. The number of fused-ring (bicyclic) bond motifs is 1. The second-order valence-corrected chi connectivity index (χ2v) is 6.26. The summed E-state index contributed by atoms with van der Waals surface area (Å²) in [6, 6.07) is 6.03. The average molecular weight is 303 g/mol. The van der Waals surface area contributed by atoms with Crippen LogP contribution in [0.2, 0.25) is 0 Å². The lowest BCUT2D eigenvalue weighted by Crippen LogP contribution is -2.46. The van der Waals surface area contributed by atoms with E-state index in [1.165, 1.54) is 0 Å². The Morgan fingerprint density at radius 2 is 1.95 bits per heavy atom. The second-order valence-electron chi connectivity index (χ2n) is 6.26. The number of carbonyl (C=O) groups is 1. The van der Waals surface area contributed by atoms with Crippen LogP contribution >= 0.6 is 0 Å². The predicted octanol–water partition coefficient (Wildman–Crippen LogP) is 1.36. The zero-order chi connectivity index (χ0) is 15.5. The Morgan fingerprint density at radius 3 is 2.73 bits per heavy atom. The maximum absolute atomic E-state index is 12.6. The number of anilines is 1. The van der Waals surface area contributed by atoms with Crippen LogP contribution in [-0.2, 0) is 4.79 Å². The summed E-state index contributed by atoms with van der Waals surface area (Å²) < 4.78 is 5.66. The number of likely N-dealkylation sites (N-methyl/N-ethyl adjacent to an activating group) is 1. The summed E-state index contributed by atoms with van der Waals surface area (Å²) in [7, 11) is 2.15. The van der Waals surface area contributed by atoms with Gasteiger partial charge in [-0.05, 0) is 31.7 Å². The Hall–Kier alpha value is -1.59. The molecule has 1 aromatic carbocycles. The molecule has 0 unspecified atom stereocenters. The molecule has 2 heterocycles. The number of amides is 1. The first-order valence-electron chi connectivity index (χ1n) is 8.08. The van der Waals surface area contributed by atoms with Gasteiger partial charge in [-0.15, -0.1) is 0 Å². The first-order chi connectivity index (χ1) is 10.6. The number of hydrogen-bond donors (Lipinski definition) is 0. The molecule has 0 bridgehead atoms. The van der Waals surface area contributed by atoms with Crippen LogP contribution in [0, 0.1) is 6.92 Å². The molecule has 0 radical (unpaired) electrons. The summed E-state index contributed by atoms with van der Waals surface area (Å²) in [5, 5.41) is 0. The number of rotatable bonds is 3. The molecule has 2 aliphatic heterocycles. The van der Waals surface area contributed by atoms with Gasteiger partial charge in [-0.2, -0.15) is 0 Å². The molecule has 0 atom stereocenters. The SMILES string of the molecule is Cc1ccc2c(c1)N(C(=O)CCN1CCN(C)CC1)CCO2. The number of piperazine rings is 1. The van der Waals surface area contributed by atoms with Crippen molar-refractivity contribution in [2.45, 2.75) is 13.3 Å². The van der Waals surface area contributed by atoms with Crippen LogP contribution in [-0.4, -0.2) is 68.6 Å². The summed E-state index contributed by atoms with van der Waals surface area (Å²) in [5.41, 5.74) is 2.08. The molecule has 0 spiro atoms. The molecule has 5 nitrogen and oxygen atoms in total. The largest absolute Gasteiger partial charge is 0.490 e. The first kappa shape index (κ1) is 15.3. The van der Waals surface area contributed by atoms with Crippen molar-refractivity contribution in [1.29, 1.82) is 0 Å². The molecule has 0 aromatic heterocycles. The highest BCUT2D eigenvalue weighted by molar-refractivity contribution is 5.95. The number of nitrogens with zero attached hydrogens (tertiary/aromatic N) is 3. The number of aryl methyl sites for hydroxylation is 1. The van der Waals surface area contributed by atoms with Crippen LogP contribution in [0.1, 0.15) is 12.0 Å². The average Bonchev–Trinajstić information content (AvgIpc) is 2.53. The third kappa shape index (κ3) is 3.42. The predicted molar refractivity (Wildman–Crippen MR) is 87.6 cm³/mol. The third-order valence-corrected chi connectivity index (χ3v) is 4.52. The van der Waals surface area contributed by atoms with Gasteiger partial charge in [0.25, 0.3) is 0 Å². The molecule has 1 fully saturated rings. The van der Waals surface area contributed by atoms with Gasteiger partial charge in [-0.25, -0.2) is 0 Å². The van der Waals surface area contributed by atoms with Crippen molar-refractivity contribution < 1.29 is 9.53 Å². The minimum atomic E-state index is 0.203. The summed E-state index contributed by atoms with van der Waals surface area (Å²) in [4.78, 5) is 19.2. The van der Waals surface area contributed by atoms with E-state index in [-0.39, 0.29) is 5.91 Å². The number of benzene rings is 1. The van der Waals surface area contributed by atoms with Crippen molar-refractivity contribution in [2.24, 2.45) is 0 Å². The lowest BCUT2D eigenvalue weighted by molar-refractivity contribution is -0.119. The zero-order valence-electron chi connectivity index (χ0n) is 13.5. The molecule has 2 aliphatic rings. The van der Waals surface area contributed by atoms with Gasteiger partial charge in [0.2, 0.25) is 5.91 Å². The van der Waals surface area contributed by atoms with Gasteiger partial charge in [-0.1, -0.05) is 6.07 Å². The topological polar surface area (TPSA) is 36.0 Å². The molecule has 1 amide bonds. The van der Waals surface area contributed by atoms with Gasteiger partial charge in [-0.3, -0.25) is 4.79 Å². The smallest absolute Gasteiger partial charge is 0.228 e. The van der Waals surface area contributed by atoms with Crippen LogP contribution in [0.25, 0.3) is 0 Å². The molecule has 5 heteroatoms. The zero-order valence-corrected chi connectivity index (χ0v) is 13.5. The summed E-state index contributed by atoms with van der Waals surface area (Å²) in [6.07, 6.45) is 0.580. The molecule has 120 valence electrons. The summed E-state index contributed by atoms with van der Waals surface area (Å²) in [5.74, 6) is 1.03. The van der Waals surface area contributed by atoms with E-state index >= 15 is 0 Å². The third-order valence-electron chi connectivity index (χ3n) is 4.52. The molecule has 22 heavy (non-hydrogen) atoms.